The van der Waals surface area contributed by atoms with E-state index in [1.807, 2.05) is 0 Å². The van der Waals surface area contributed by atoms with E-state index in [9.17, 15) is 0 Å². The first-order chi connectivity index (χ1) is 8.81. The molecule has 0 aromatic heterocycles. The lowest BCUT2D eigenvalue weighted by Gasteiger charge is -2.35. The molecule has 2 nitrogen and oxygen atoms in total. The number of hydrogen-bond acceptors (Lipinski definition) is 2. The Balaban J connectivity index is 1.93. The zero-order chi connectivity index (χ0) is 12.8. The maximum Gasteiger partial charge on any atom is 0.0295 e. The molecule has 2 heterocycles. The van der Waals surface area contributed by atoms with Crippen molar-refractivity contribution in [3.05, 3.63) is 11.8 Å². The molecular formula is C16H30N2. The summed E-state index contributed by atoms with van der Waals surface area (Å²) < 4.78 is 0. The summed E-state index contributed by atoms with van der Waals surface area (Å²) in [6, 6.07) is 0.673. The lowest BCUT2D eigenvalue weighted by Crippen LogP contribution is -2.38. The van der Waals surface area contributed by atoms with Crippen molar-refractivity contribution in [3.63, 3.8) is 0 Å². The molecule has 2 saturated heterocycles. The van der Waals surface area contributed by atoms with Gasteiger partial charge in [-0.1, -0.05) is 13.3 Å². The lowest BCUT2D eigenvalue weighted by atomic mass is 10.0. The van der Waals surface area contributed by atoms with Gasteiger partial charge in [0.05, 0.1) is 0 Å². The van der Waals surface area contributed by atoms with Crippen molar-refractivity contribution in [1.82, 2.24) is 9.80 Å². The highest BCUT2D eigenvalue weighted by atomic mass is 15.2. The van der Waals surface area contributed by atoms with Crippen LogP contribution in [0.1, 0.15) is 58.8 Å². The molecule has 2 heteroatoms. The van der Waals surface area contributed by atoms with Gasteiger partial charge >= 0.3 is 0 Å². The number of hydrogen-bond donors (Lipinski definition) is 0. The monoisotopic (exact) mass is 250 g/mol. The van der Waals surface area contributed by atoms with E-state index in [-0.39, 0.29) is 0 Å². The predicted octanol–water partition coefficient (Wildman–Crippen LogP) is 3.64. The predicted molar refractivity (Wildman–Crippen MR) is 78.7 cm³/mol. The molecule has 0 aromatic carbocycles. The number of rotatable bonds is 4. The second-order valence-electron chi connectivity index (χ2n) is 5.93. The van der Waals surface area contributed by atoms with Crippen molar-refractivity contribution >= 4 is 0 Å². The van der Waals surface area contributed by atoms with Crippen LogP contribution >= 0.6 is 0 Å². The molecule has 0 saturated carbocycles. The number of nitrogens with zero attached hydrogens (tertiary/aromatic N) is 2. The quantitative estimate of drug-likeness (QED) is 0.751. The zero-order valence-electron chi connectivity index (χ0n) is 12.3. The third-order valence-electron chi connectivity index (χ3n) is 4.57. The Kier molecular flexibility index (Phi) is 5.55. The molecule has 0 aromatic rings. The first-order valence-electron chi connectivity index (χ1n) is 7.98. The van der Waals surface area contributed by atoms with Crippen LogP contribution in [0.2, 0.25) is 0 Å². The van der Waals surface area contributed by atoms with E-state index in [4.69, 9.17) is 0 Å². The number of likely N-dealkylation sites (tertiary alicyclic amines) is 2. The lowest BCUT2D eigenvalue weighted by molar-refractivity contribution is 0.183. The molecule has 0 N–H and O–H groups in total. The Morgan fingerprint density at radius 1 is 0.944 bits per heavy atom. The molecule has 0 bridgehead atoms. The molecule has 0 spiro atoms. The average Bonchev–Trinajstić information content (AvgIpc) is 2.46. The van der Waals surface area contributed by atoms with Crippen LogP contribution in [-0.2, 0) is 0 Å². The highest BCUT2D eigenvalue weighted by molar-refractivity contribution is 5.05. The summed E-state index contributed by atoms with van der Waals surface area (Å²) in [7, 11) is 0. The highest BCUT2D eigenvalue weighted by Crippen LogP contribution is 2.19. The van der Waals surface area contributed by atoms with Gasteiger partial charge in [0.1, 0.15) is 0 Å². The maximum absolute atomic E-state index is 2.69. The molecule has 2 fully saturated rings. The van der Waals surface area contributed by atoms with Crippen LogP contribution in [0.3, 0.4) is 0 Å². The summed E-state index contributed by atoms with van der Waals surface area (Å²) in [4.78, 5) is 5.28. The standard InChI is InChI=1S/C16H30N2/c1-3-16(18-12-8-5-9-13-18)14-15(2)17-10-6-4-7-11-17/h14,16H,3-13H2,1-2H3/b15-14-. The van der Waals surface area contributed by atoms with Gasteiger partial charge in [-0.25, -0.2) is 0 Å². The summed E-state index contributed by atoms with van der Waals surface area (Å²) in [5, 5.41) is 0. The van der Waals surface area contributed by atoms with Gasteiger partial charge in [-0.05, 0) is 64.6 Å². The Hall–Kier alpha value is -0.500. The smallest absolute Gasteiger partial charge is 0.0295 e. The van der Waals surface area contributed by atoms with E-state index in [0.717, 1.165) is 0 Å². The Bertz CT molecular complexity index is 260. The average molecular weight is 250 g/mol. The molecule has 2 rings (SSSR count). The van der Waals surface area contributed by atoms with Crippen LogP contribution in [0.15, 0.2) is 11.8 Å². The van der Waals surface area contributed by atoms with E-state index in [0.29, 0.717) is 6.04 Å². The molecule has 0 radical (unpaired) electrons. The minimum absolute atomic E-state index is 0.673. The topological polar surface area (TPSA) is 6.48 Å². The van der Waals surface area contributed by atoms with Gasteiger partial charge in [0.2, 0.25) is 0 Å². The second kappa shape index (κ2) is 7.18. The van der Waals surface area contributed by atoms with Crippen LogP contribution in [0, 0.1) is 0 Å². The third-order valence-corrected chi connectivity index (χ3v) is 4.57. The summed E-state index contributed by atoms with van der Waals surface area (Å²) >= 11 is 0. The summed E-state index contributed by atoms with van der Waals surface area (Å²) in [6.45, 7) is 9.82. The molecule has 1 atom stereocenters. The molecule has 2 aliphatic rings. The van der Waals surface area contributed by atoms with E-state index in [1.54, 1.807) is 0 Å². The first kappa shape index (κ1) is 13.9. The van der Waals surface area contributed by atoms with Crippen LogP contribution in [0.4, 0.5) is 0 Å². The summed E-state index contributed by atoms with van der Waals surface area (Å²) in [6.07, 6.45) is 12.2. The maximum atomic E-state index is 2.69. The number of piperidine rings is 2. The minimum Gasteiger partial charge on any atom is -0.375 e. The van der Waals surface area contributed by atoms with Gasteiger partial charge < -0.3 is 4.90 Å². The van der Waals surface area contributed by atoms with Gasteiger partial charge in [0, 0.05) is 24.8 Å². The SMILES string of the molecule is CCC(/C=C(/C)N1CCCCC1)N1CCCCC1. The van der Waals surface area contributed by atoms with Crippen molar-refractivity contribution in [2.75, 3.05) is 26.2 Å². The fraction of sp³-hybridized carbons (Fsp3) is 0.875. The summed E-state index contributed by atoms with van der Waals surface area (Å²) in [5.41, 5.74) is 1.52. The van der Waals surface area contributed by atoms with Crippen molar-refractivity contribution in [3.8, 4) is 0 Å². The van der Waals surface area contributed by atoms with Gasteiger partial charge in [0.25, 0.3) is 0 Å². The third kappa shape index (κ3) is 3.74. The van der Waals surface area contributed by atoms with Crippen LogP contribution in [-0.4, -0.2) is 42.0 Å². The van der Waals surface area contributed by atoms with Crippen molar-refractivity contribution in [2.45, 2.75) is 64.8 Å². The molecule has 2 aliphatic heterocycles. The molecule has 0 amide bonds. The molecule has 1 unspecified atom stereocenters. The van der Waals surface area contributed by atoms with Crippen LogP contribution < -0.4 is 0 Å². The molecule has 18 heavy (non-hydrogen) atoms. The van der Waals surface area contributed by atoms with Gasteiger partial charge in [-0.3, -0.25) is 4.90 Å². The van der Waals surface area contributed by atoms with E-state index >= 15 is 0 Å². The van der Waals surface area contributed by atoms with Crippen molar-refractivity contribution in [1.29, 1.82) is 0 Å². The van der Waals surface area contributed by atoms with E-state index in [1.165, 1.54) is 76.8 Å². The fourth-order valence-corrected chi connectivity index (χ4v) is 3.36. The largest absolute Gasteiger partial charge is 0.375 e. The normalized spacial score (nSPS) is 25.2. The van der Waals surface area contributed by atoms with Crippen molar-refractivity contribution < 1.29 is 0 Å². The minimum atomic E-state index is 0.673. The Labute approximate surface area is 113 Å². The zero-order valence-corrected chi connectivity index (χ0v) is 12.3. The molecular weight excluding hydrogens is 220 g/mol. The van der Waals surface area contributed by atoms with Gasteiger partial charge in [-0.15, -0.1) is 0 Å². The molecule has 0 aliphatic carbocycles. The Morgan fingerprint density at radius 2 is 1.50 bits per heavy atom. The highest BCUT2D eigenvalue weighted by Gasteiger charge is 2.18. The fourth-order valence-electron chi connectivity index (χ4n) is 3.36. The van der Waals surface area contributed by atoms with Crippen molar-refractivity contribution in [2.24, 2.45) is 0 Å². The first-order valence-corrected chi connectivity index (χ1v) is 7.98. The second-order valence-corrected chi connectivity index (χ2v) is 5.93. The van der Waals surface area contributed by atoms with E-state index in [2.05, 4.69) is 29.7 Å². The Morgan fingerprint density at radius 3 is 2.06 bits per heavy atom. The van der Waals surface area contributed by atoms with Gasteiger partial charge in [-0.2, -0.15) is 0 Å². The summed E-state index contributed by atoms with van der Waals surface area (Å²) in [5.74, 6) is 0. The number of allylic oxidation sites excluding steroid dienone is 1. The van der Waals surface area contributed by atoms with E-state index < -0.39 is 0 Å². The molecule has 104 valence electrons. The van der Waals surface area contributed by atoms with Crippen LogP contribution in [0.5, 0.6) is 0 Å². The van der Waals surface area contributed by atoms with Crippen LogP contribution in [0.25, 0.3) is 0 Å². The van der Waals surface area contributed by atoms with Gasteiger partial charge in [0.15, 0.2) is 0 Å².